The zero-order chi connectivity index (χ0) is 45.3. The minimum absolute atomic E-state index is 0.0229. The summed E-state index contributed by atoms with van der Waals surface area (Å²) < 4.78 is 23.7. The van der Waals surface area contributed by atoms with Gasteiger partial charge in [-0.15, -0.1) is 0 Å². The van der Waals surface area contributed by atoms with Crippen LogP contribution in [0.1, 0.15) is 116 Å². The van der Waals surface area contributed by atoms with Crippen LogP contribution in [0.4, 0.5) is 34.1 Å². The van der Waals surface area contributed by atoms with Crippen LogP contribution < -0.4 is 31.6 Å². The summed E-state index contributed by atoms with van der Waals surface area (Å²) in [6.07, 6.45) is 5.37. The van der Waals surface area contributed by atoms with Crippen LogP contribution in [0.3, 0.4) is 0 Å². The Morgan fingerprint density at radius 3 is 1.28 bits per heavy atom. The number of rotatable bonds is 18. The monoisotopic (exact) mass is 860 g/mol. The highest BCUT2D eigenvalue weighted by molar-refractivity contribution is 6.35. The third-order valence-electron chi connectivity index (χ3n) is 10.8. The predicted molar refractivity (Wildman–Crippen MR) is 250 cm³/mol. The van der Waals surface area contributed by atoms with Gasteiger partial charge in [-0.3, -0.25) is 9.59 Å². The van der Waals surface area contributed by atoms with Gasteiger partial charge in [0.1, 0.15) is 11.5 Å². The molecule has 1 aliphatic carbocycles. The number of nitrogen functional groups attached to an aromatic ring is 2. The number of nitrogens with one attached hydrogen (secondary N) is 2. The van der Waals surface area contributed by atoms with Crippen molar-refractivity contribution in [2.75, 3.05) is 35.3 Å². The van der Waals surface area contributed by atoms with E-state index in [1.54, 1.807) is 48.5 Å². The van der Waals surface area contributed by atoms with Crippen molar-refractivity contribution in [3.8, 4) is 23.0 Å². The first-order chi connectivity index (χ1) is 30.9. The molecule has 0 bridgehead atoms. The smallest absolute Gasteiger partial charge is 0.338 e. The Bertz CT molecular complexity index is 2520. The fraction of sp³-hybridized carbons (Fsp3) is 0.231. The van der Waals surface area contributed by atoms with Gasteiger partial charge in [0.2, 0.25) is 0 Å². The molecule has 12 heteroatoms. The molecule has 0 atom stereocenters. The molecule has 0 saturated carbocycles. The number of fused-ring (bicyclic) bond motifs is 2. The molecule has 6 aromatic rings. The summed E-state index contributed by atoms with van der Waals surface area (Å²) in [5, 5.41) is 6.63. The normalized spacial score (nSPS) is 11.6. The van der Waals surface area contributed by atoms with Gasteiger partial charge in [0.05, 0.1) is 69.3 Å². The van der Waals surface area contributed by atoms with E-state index in [1.165, 1.54) is 12.1 Å². The van der Waals surface area contributed by atoms with Crippen LogP contribution in [0.25, 0.3) is 0 Å². The van der Waals surface area contributed by atoms with E-state index in [2.05, 4.69) is 24.5 Å². The van der Waals surface area contributed by atoms with E-state index in [4.69, 9.17) is 30.4 Å². The van der Waals surface area contributed by atoms with Gasteiger partial charge in [-0.2, -0.15) is 0 Å². The minimum atomic E-state index is -0.593. The van der Waals surface area contributed by atoms with Gasteiger partial charge in [0, 0.05) is 23.5 Å². The molecular weight excluding hydrogens is 809 g/mol. The lowest BCUT2D eigenvalue weighted by Crippen LogP contribution is -2.26. The number of aryl methyl sites for hydroxylation is 2. The molecule has 0 aromatic heterocycles. The van der Waals surface area contributed by atoms with Crippen molar-refractivity contribution < 1.29 is 38.1 Å². The largest absolute Gasteiger partial charge is 0.462 e. The number of benzene rings is 6. The molecular formula is C52H52N4O8. The van der Waals surface area contributed by atoms with E-state index < -0.39 is 23.5 Å². The third kappa shape index (κ3) is 10.0. The summed E-state index contributed by atoms with van der Waals surface area (Å²) in [6.45, 7) is 8.64. The second kappa shape index (κ2) is 20.1. The summed E-state index contributed by atoms with van der Waals surface area (Å²) in [5.41, 5.74) is 17.6. The Labute approximate surface area is 372 Å². The van der Waals surface area contributed by atoms with Crippen molar-refractivity contribution in [1.82, 2.24) is 0 Å². The topological polar surface area (TPSA) is 181 Å². The lowest BCUT2D eigenvalue weighted by atomic mass is 9.80. The number of unbranched alkanes of at least 4 members (excludes halogenated alkanes) is 4. The first kappa shape index (κ1) is 44.5. The molecule has 0 amide bonds. The highest BCUT2D eigenvalue weighted by atomic mass is 16.5. The van der Waals surface area contributed by atoms with Gasteiger partial charge in [-0.05, 0) is 87.4 Å². The predicted octanol–water partition coefficient (Wildman–Crippen LogP) is 12.0. The van der Waals surface area contributed by atoms with Crippen molar-refractivity contribution in [1.29, 1.82) is 0 Å². The number of esters is 2. The van der Waals surface area contributed by atoms with Crippen LogP contribution in [-0.2, 0) is 9.47 Å². The summed E-state index contributed by atoms with van der Waals surface area (Å²) >= 11 is 0. The van der Waals surface area contributed by atoms with E-state index in [-0.39, 0.29) is 79.1 Å². The van der Waals surface area contributed by atoms with Crippen molar-refractivity contribution in [3.63, 3.8) is 0 Å². The van der Waals surface area contributed by atoms with Crippen LogP contribution in [0.15, 0.2) is 109 Å². The second-order valence-corrected chi connectivity index (χ2v) is 15.8. The maximum absolute atomic E-state index is 15.2. The molecule has 0 spiro atoms. The maximum Gasteiger partial charge on any atom is 0.338 e. The summed E-state index contributed by atoms with van der Waals surface area (Å²) in [6, 6.07) is 31.0. The number of hydrogen-bond donors (Lipinski definition) is 4. The average Bonchev–Trinajstić information content (AvgIpc) is 3.29. The van der Waals surface area contributed by atoms with E-state index in [0.29, 0.717) is 24.6 Å². The fourth-order valence-electron chi connectivity index (χ4n) is 7.32. The lowest BCUT2D eigenvalue weighted by molar-refractivity contribution is 0.0488. The van der Waals surface area contributed by atoms with Crippen LogP contribution in [-0.4, -0.2) is 36.7 Å². The number of carbonyl (C=O) groups is 4. The van der Waals surface area contributed by atoms with Gasteiger partial charge in [0.15, 0.2) is 23.1 Å². The Morgan fingerprint density at radius 2 is 0.906 bits per heavy atom. The van der Waals surface area contributed by atoms with Crippen LogP contribution in [0, 0.1) is 13.8 Å². The number of anilines is 6. The minimum Gasteiger partial charge on any atom is -0.462 e. The van der Waals surface area contributed by atoms with Crippen molar-refractivity contribution in [2.24, 2.45) is 0 Å². The molecule has 0 saturated heterocycles. The van der Waals surface area contributed by atoms with Crippen molar-refractivity contribution in [2.45, 2.75) is 66.2 Å². The molecule has 6 aromatic carbocycles. The van der Waals surface area contributed by atoms with Gasteiger partial charge in [-0.1, -0.05) is 87.1 Å². The second-order valence-electron chi connectivity index (χ2n) is 15.8. The summed E-state index contributed by atoms with van der Waals surface area (Å²) in [4.78, 5) is 56.3. The van der Waals surface area contributed by atoms with Crippen molar-refractivity contribution >= 4 is 57.6 Å². The van der Waals surface area contributed by atoms with E-state index in [0.717, 1.165) is 49.7 Å². The molecule has 0 radical (unpaired) electrons. The van der Waals surface area contributed by atoms with E-state index >= 15 is 9.59 Å². The van der Waals surface area contributed by atoms with Crippen LogP contribution >= 0.6 is 0 Å². The molecule has 7 rings (SSSR count). The number of carbonyl (C=O) groups excluding carboxylic acids is 4. The Hall–Kier alpha value is -7.60. The van der Waals surface area contributed by atoms with E-state index in [1.807, 2.05) is 62.4 Å². The standard InChI is InChI=1S/C52H52N4O8/c1-5-7-9-25-61-51(59)33-13-11-15-37(27-33)63-41-29-39(55-35-21-17-31(3)18-22-35)43-45(47(41)53)49(57)44-40(56-36-23-19-32(4)20-24-36)30-42(48(54)46(44)50(43)58)64-38-16-12-14-34(28-38)52(60)62-26-10-8-6-2/h11-24,27-30,55-56H,5-10,25-26,53-54H2,1-4H3. The van der Waals surface area contributed by atoms with E-state index in [9.17, 15) is 9.59 Å². The molecule has 0 unspecified atom stereocenters. The van der Waals surface area contributed by atoms with Crippen LogP contribution in [0.2, 0.25) is 0 Å². The van der Waals surface area contributed by atoms with Gasteiger partial charge >= 0.3 is 11.9 Å². The Balaban J connectivity index is 1.33. The van der Waals surface area contributed by atoms with Gasteiger partial charge in [-0.25, -0.2) is 9.59 Å². The molecule has 0 aliphatic heterocycles. The fourth-order valence-corrected chi connectivity index (χ4v) is 7.32. The first-order valence-electron chi connectivity index (χ1n) is 21.6. The SMILES string of the molecule is CCCCCOC(=O)c1cccc(Oc2cc(Nc3ccc(C)cc3)c3c(c2N)C(=O)c2c(Nc4ccc(C)cc4)cc(Oc4cccc(C(=O)OCCCCC)c4)c(N)c2C3=O)c1. The highest BCUT2D eigenvalue weighted by Gasteiger charge is 2.40. The number of ether oxygens (including phenoxy) is 4. The van der Waals surface area contributed by atoms with Gasteiger partial charge in [0.25, 0.3) is 0 Å². The zero-order valence-corrected chi connectivity index (χ0v) is 36.5. The zero-order valence-electron chi connectivity index (χ0n) is 36.5. The quantitative estimate of drug-likeness (QED) is 0.0365. The molecule has 12 nitrogen and oxygen atoms in total. The maximum atomic E-state index is 15.2. The molecule has 328 valence electrons. The molecule has 64 heavy (non-hydrogen) atoms. The number of hydrogen-bond acceptors (Lipinski definition) is 12. The molecule has 0 heterocycles. The van der Waals surface area contributed by atoms with Gasteiger partial charge < -0.3 is 41.0 Å². The third-order valence-corrected chi connectivity index (χ3v) is 10.8. The number of ketones is 2. The number of nitrogens with two attached hydrogens (primary N) is 2. The Kier molecular flexibility index (Phi) is 13.9. The first-order valence-corrected chi connectivity index (χ1v) is 21.6. The van der Waals surface area contributed by atoms with Crippen molar-refractivity contribution in [3.05, 3.63) is 154 Å². The summed E-state index contributed by atoms with van der Waals surface area (Å²) in [5.74, 6) is -1.54. The molecule has 1 aliphatic rings. The Morgan fingerprint density at radius 1 is 0.516 bits per heavy atom. The lowest BCUT2D eigenvalue weighted by Gasteiger charge is -2.27. The molecule has 6 N–H and O–H groups in total. The van der Waals surface area contributed by atoms with Crippen LogP contribution in [0.5, 0.6) is 23.0 Å². The molecule has 0 fully saturated rings. The highest BCUT2D eigenvalue weighted by Crippen LogP contribution is 2.48. The summed E-state index contributed by atoms with van der Waals surface area (Å²) in [7, 11) is 0. The average molecular weight is 861 g/mol.